The average molecular weight is 899 g/mol. The molecular formula is C50H46N2O14. The predicted octanol–water partition coefficient (Wildman–Crippen LogP) is 5.31. The second-order valence-corrected chi connectivity index (χ2v) is 15.2. The maximum atomic E-state index is 14.3. The van der Waals surface area contributed by atoms with Gasteiger partial charge in [-0.25, -0.2) is 9.59 Å². The summed E-state index contributed by atoms with van der Waals surface area (Å²) in [6.45, 7) is -0.980. The molecule has 0 fully saturated rings. The fraction of sp³-hybridized carbons (Fsp3) is 0.280. The number of rotatable bonds is 8. The zero-order valence-corrected chi connectivity index (χ0v) is 35.7. The summed E-state index contributed by atoms with van der Waals surface area (Å²) in [7, 11) is 0. The summed E-state index contributed by atoms with van der Waals surface area (Å²) in [5.74, 6) is -3.32. The Labute approximate surface area is 379 Å². The molecule has 4 amide bonds. The third-order valence-electron chi connectivity index (χ3n) is 11.0. The number of para-hydroxylation sites is 2. The van der Waals surface area contributed by atoms with Gasteiger partial charge >= 0.3 is 11.9 Å². The van der Waals surface area contributed by atoms with Crippen molar-refractivity contribution in [2.24, 2.45) is 0 Å². The lowest BCUT2D eigenvalue weighted by molar-refractivity contribution is -0.153. The molecule has 0 saturated heterocycles. The van der Waals surface area contributed by atoms with Gasteiger partial charge in [0, 0.05) is 0 Å². The van der Waals surface area contributed by atoms with Crippen molar-refractivity contribution < 1.29 is 66.7 Å². The number of imide groups is 2. The Bertz CT molecular complexity index is 2290. The third kappa shape index (κ3) is 10.5. The van der Waals surface area contributed by atoms with Crippen molar-refractivity contribution in [2.75, 3.05) is 65.9 Å². The van der Waals surface area contributed by atoms with Crippen LogP contribution in [0.25, 0.3) is 0 Å². The number of hydrogen-bond acceptors (Lipinski definition) is 14. The molecule has 8 rings (SSSR count). The van der Waals surface area contributed by atoms with Crippen LogP contribution < -0.4 is 9.47 Å². The van der Waals surface area contributed by atoms with E-state index in [0.29, 0.717) is 11.5 Å². The van der Waals surface area contributed by atoms with Crippen LogP contribution >= 0.6 is 0 Å². The fourth-order valence-electron chi connectivity index (χ4n) is 7.74. The quantitative estimate of drug-likeness (QED) is 0.144. The van der Waals surface area contributed by atoms with Gasteiger partial charge in [-0.2, -0.15) is 0 Å². The summed E-state index contributed by atoms with van der Waals surface area (Å²) in [6, 6.07) is 35.7. The molecule has 3 aliphatic rings. The van der Waals surface area contributed by atoms with E-state index in [4.69, 9.17) is 37.9 Å². The number of carbonyl (C=O) groups excluding carboxylic acids is 6. The number of esters is 2. The second kappa shape index (κ2) is 21.6. The van der Waals surface area contributed by atoms with E-state index >= 15 is 0 Å². The minimum Gasteiger partial charge on any atom is -0.487 e. The van der Waals surface area contributed by atoms with Crippen molar-refractivity contribution in [3.63, 3.8) is 0 Å². The maximum Gasteiger partial charge on any atom is 0.338 e. The van der Waals surface area contributed by atoms with Gasteiger partial charge in [0.05, 0.1) is 86.1 Å². The first-order valence-corrected chi connectivity index (χ1v) is 21.4. The summed E-state index contributed by atoms with van der Waals surface area (Å²) in [5.41, 5.74) is 0.829. The van der Waals surface area contributed by atoms with Gasteiger partial charge in [0.1, 0.15) is 25.4 Å². The normalized spacial score (nSPS) is 20.8. The molecule has 16 heteroatoms. The summed E-state index contributed by atoms with van der Waals surface area (Å²) in [5, 5.41) is 0. The van der Waals surface area contributed by atoms with Crippen LogP contribution in [0.2, 0.25) is 0 Å². The minimum atomic E-state index is -1.70. The lowest BCUT2D eigenvalue weighted by atomic mass is 10.00. The van der Waals surface area contributed by atoms with E-state index in [-0.39, 0.29) is 86.2 Å². The molecular weight excluding hydrogens is 853 g/mol. The van der Waals surface area contributed by atoms with E-state index in [1.54, 1.807) is 72.8 Å². The Morgan fingerprint density at radius 3 is 1.11 bits per heavy atom. The van der Waals surface area contributed by atoms with Crippen molar-refractivity contribution in [3.8, 4) is 11.5 Å². The average Bonchev–Trinajstić information content (AvgIpc) is 3.74. The molecule has 0 unspecified atom stereocenters. The highest BCUT2D eigenvalue weighted by atomic mass is 16.6. The van der Waals surface area contributed by atoms with E-state index < -0.39 is 73.1 Å². The summed E-state index contributed by atoms with van der Waals surface area (Å²) < 4.78 is 49.3. The van der Waals surface area contributed by atoms with Crippen LogP contribution in [-0.4, -0.2) is 136 Å². The SMILES string of the molecule is O=C(O[C@H]1[C@H](OC(=O)c2ccccc2)[C@@H](CN2C(=O)c3ccccc3C2=O)OCCOCCOc2ccccc2OCCOCCO[C@@H]1CN1C(=O)c2ccccc2C1=O)c1ccccc1. The number of nitrogens with zero attached hydrogens (tertiary/aromatic N) is 2. The van der Waals surface area contributed by atoms with E-state index in [9.17, 15) is 28.8 Å². The number of hydrogen-bond donors (Lipinski definition) is 0. The first-order valence-electron chi connectivity index (χ1n) is 21.4. The molecule has 3 aliphatic heterocycles. The molecule has 66 heavy (non-hydrogen) atoms. The van der Waals surface area contributed by atoms with Crippen LogP contribution in [0, 0.1) is 0 Å². The molecule has 0 spiro atoms. The molecule has 3 heterocycles. The molecule has 0 radical (unpaired) electrons. The Hall–Kier alpha value is -7.24. The molecule has 0 aromatic heterocycles. The zero-order chi connectivity index (χ0) is 45.8. The highest BCUT2D eigenvalue weighted by molar-refractivity contribution is 6.22. The van der Waals surface area contributed by atoms with E-state index in [2.05, 4.69) is 0 Å². The maximum absolute atomic E-state index is 14.3. The minimum absolute atomic E-state index is 0.0414. The number of amides is 4. The predicted molar refractivity (Wildman–Crippen MR) is 233 cm³/mol. The van der Waals surface area contributed by atoms with Gasteiger partial charge in [-0.05, 0) is 60.7 Å². The number of ether oxygens (including phenoxy) is 8. The van der Waals surface area contributed by atoms with Crippen LogP contribution in [0.15, 0.2) is 133 Å². The van der Waals surface area contributed by atoms with Crippen molar-refractivity contribution >= 4 is 35.6 Å². The molecule has 16 nitrogen and oxygen atoms in total. The van der Waals surface area contributed by atoms with Gasteiger partial charge < -0.3 is 37.9 Å². The second-order valence-electron chi connectivity index (χ2n) is 15.2. The highest BCUT2D eigenvalue weighted by Crippen LogP contribution is 2.30. The van der Waals surface area contributed by atoms with Crippen molar-refractivity contribution in [1.82, 2.24) is 9.80 Å². The van der Waals surface area contributed by atoms with Crippen molar-refractivity contribution in [2.45, 2.75) is 24.4 Å². The Balaban J connectivity index is 1.21. The molecule has 5 aromatic rings. The lowest BCUT2D eigenvalue weighted by Gasteiger charge is -2.38. The van der Waals surface area contributed by atoms with Crippen molar-refractivity contribution in [1.29, 1.82) is 0 Å². The number of benzene rings is 5. The number of carbonyl (C=O) groups is 6. The van der Waals surface area contributed by atoms with Gasteiger partial charge in [0.25, 0.3) is 23.6 Å². The molecule has 4 atom stereocenters. The van der Waals surface area contributed by atoms with Gasteiger partial charge in [-0.3, -0.25) is 29.0 Å². The Morgan fingerprint density at radius 1 is 0.424 bits per heavy atom. The Kier molecular flexibility index (Phi) is 14.9. The molecule has 0 N–H and O–H groups in total. The monoisotopic (exact) mass is 898 g/mol. The number of fused-ring (bicyclic) bond motifs is 3. The first kappa shape index (κ1) is 45.3. The van der Waals surface area contributed by atoms with Crippen LogP contribution in [0.1, 0.15) is 62.1 Å². The molecule has 0 saturated carbocycles. The van der Waals surface area contributed by atoms with Gasteiger partial charge in [0.15, 0.2) is 23.7 Å². The summed E-state index contributed by atoms with van der Waals surface area (Å²) in [6.07, 6.45) is -6.30. The molecule has 340 valence electrons. The largest absolute Gasteiger partial charge is 0.487 e. The van der Waals surface area contributed by atoms with Crippen molar-refractivity contribution in [3.05, 3.63) is 167 Å². The van der Waals surface area contributed by atoms with Crippen LogP contribution in [0.3, 0.4) is 0 Å². The molecule has 0 bridgehead atoms. The van der Waals surface area contributed by atoms with Gasteiger partial charge in [-0.15, -0.1) is 0 Å². The van der Waals surface area contributed by atoms with Gasteiger partial charge in [-0.1, -0.05) is 72.8 Å². The van der Waals surface area contributed by atoms with E-state index in [1.807, 2.05) is 12.1 Å². The van der Waals surface area contributed by atoms with Crippen LogP contribution in [0.5, 0.6) is 11.5 Å². The molecule has 5 aromatic carbocycles. The highest BCUT2D eigenvalue weighted by Gasteiger charge is 2.48. The van der Waals surface area contributed by atoms with Crippen LogP contribution in [0.4, 0.5) is 0 Å². The third-order valence-corrected chi connectivity index (χ3v) is 11.0. The summed E-state index contributed by atoms with van der Waals surface area (Å²) in [4.78, 5) is 86.4. The van der Waals surface area contributed by atoms with Crippen LogP contribution in [-0.2, 0) is 28.4 Å². The smallest absolute Gasteiger partial charge is 0.338 e. The first-order chi connectivity index (χ1) is 32.3. The van der Waals surface area contributed by atoms with Gasteiger partial charge in [0.2, 0.25) is 0 Å². The van der Waals surface area contributed by atoms with E-state index in [1.165, 1.54) is 48.5 Å². The summed E-state index contributed by atoms with van der Waals surface area (Å²) >= 11 is 0. The van der Waals surface area contributed by atoms with E-state index in [0.717, 1.165) is 9.80 Å². The lowest BCUT2D eigenvalue weighted by Crippen LogP contribution is -2.57. The topological polar surface area (TPSA) is 183 Å². The molecule has 0 aliphatic carbocycles. The standard InChI is InChI=1S/C50H46N2O14/c53-45-35-17-7-8-18-36(35)46(54)51(45)31-41-43(65-49(57)33-13-3-1-4-14-33)44(66-50(58)34-15-5-2-6-16-34)42(32-52-47(55)37-19-9-10-20-38(37)48(52)56)64-30-26-60-24-28-62-40-22-12-11-21-39(40)61-27-23-59-25-29-63-41/h1-22,41-44H,23-32H2/t41-,42-,43-,44-/m1/s1. The fourth-order valence-corrected chi connectivity index (χ4v) is 7.74. The Morgan fingerprint density at radius 2 is 0.742 bits per heavy atom. The zero-order valence-electron chi connectivity index (χ0n) is 35.7.